The van der Waals surface area contributed by atoms with Crippen LogP contribution in [0.1, 0.15) is 5.69 Å². The maximum Gasteiger partial charge on any atom is 0.247 e. The molecule has 0 saturated heterocycles. The number of aromatic nitrogens is 1. The van der Waals surface area contributed by atoms with E-state index in [0.29, 0.717) is 6.54 Å². The SMILES string of the molecule is NC(=O)C(O)CNCc1ccc(Br)cn1. The van der Waals surface area contributed by atoms with Gasteiger partial charge in [0.05, 0.1) is 5.69 Å². The second-order valence-corrected chi connectivity index (χ2v) is 3.93. The lowest BCUT2D eigenvalue weighted by Crippen LogP contribution is -2.37. The molecule has 4 N–H and O–H groups in total. The van der Waals surface area contributed by atoms with E-state index in [4.69, 9.17) is 10.8 Å². The summed E-state index contributed by atoms with van der Waals surface area (Å²) >= 11 is 3.27. The van der Waals surface area contributed by atoms with E-state index in [1.54, 1.807) is 6.20 Å². The van der Waals surface area contributed by atoms with Gasteiger partial charge in [-0.3, -0.25) is 9.78 Å². The lowest BCUT2D eigenvalue weighted by molar-refractivity contribution is -0.125. The summed E-state index contributed by atoms with van der Waals surface area (Å²) in [6.07, 6.45) is 0.530. The fraction of sp³-hybridized carbons (Fsp3) is 0.333. The van der Waals surface area contributed by atoms with Crippen LogP contribution in [0.2, 0.25) is 0 Å². The third-order valence-corrected chi connectivity index (χ3v) is 2.23. The van der Waals surface area contributed by atoms with Gasteiger partial charge in [-0.05, 0) is 28.1 Å². The number of carbonyl (C=O) groups excluding carboxylic acids is 1. The van der Waals surface area contributed by atoms with Crippen molar-refractivity contribution in [2.45, 2.75) is 12.6 Å². The molecule has 0 aliphatic heterocycles. The topological polar surface area (TPSA) is 88.2 Å². The maximum absolute atomic E-state index is 10.5. The van der Waals surface area contributed by atoms with Crippen molar-refractivity contribution in [3.63, 3.8) is 0 Å². The Morgan fingerprint density at radius 2 is 2.40 bits per heavy atom. The van der Waals surface area contributed by atoms with Crippen LogP contribution < -0.4 is 11.1 Å². The average Bonchev–Trinajstić information content (AvgIpc) is 2.20. The van der Waals surface area contributed by atoms with Crippen LogP contribution in [0.4, 0.5) is 0 Å². The van der Waals surface area contributed by atoms with E-state index in [1.165, 1.54) is 0 Å². The predicted octanol–water partition coefficient (Wildman–Crippen LogP) is -0.220. The number of nitrogens with two attached hydrogens (primary N) is 1. The highest BCUT2D eigenvalue weighted by atomic mass is 79.9. The first-order valence-corrected chi connectivity index (χ1v) is 5.17. The second-order valence-electron chi connectivity index (χ2n) is 3.02. The van der Waals surface area contributed by atoms with E-state index < -0.39 is 12.0 Å². The molecule has 15 heavy (non-hydrogen) atoms. The van der Waals surface area contributed by atoms with Gasteiger partial charge in [-0.25, -0.2) is 0 Å². The van der Waals surface area contributed by atoms with Crippen molar-refractivity contribution < 1.29 is 9.90 Å². The molecular formula is C9H12BrN3O2. The first kappa shape index (κ1) is 12.1. The lowest BCUT2D eigenvalue weighted by atomic mass is 10.3. The molecule has 0 saturated carbocycles. The molecule has 0 aliphatic carbocycles. The molecule has 1 atom stereocenters. The zero-order chi connectivity index (χ0) is 11.3. The summed E-state index contributed by atoms with van der Waals surface area (Å²) in [5.41, 5.74) is 5.71. The Balaban J connectivity index is 2.32. The molecule has 0 radical (unpaired) electrons. The molecule has 1 rings (SSSR count). The van der Waals surface area contributed by atoms with Gasteiger partial charge in [-0.15, -0.1) is 0 Å². The molecule has 1 aromatic rings. The Kier molecular flexibility index (Phi) is 4.67. The van der Waals surface area contributed by atoms with Gasteiger partial charge in [0.1, 0.15) is 6.10 Å². The lowest BCUT2D eigenvalue weighted by Gasteiger charge is -2.07. The van der Waals surface area contributed by atoms with Crippen LogP contribution >= 0.6 is 15.9 Å². The highest BCUT2D eigenvalue weighted by molar-refractivity contribution is 9.10. The van der Waals surface area contributed by atoms with Gasteiger partial charge in [0.25, 0.3) is 0 Å². The minimum absolute atomic E-state index is 0.132. The number of nitrogens with zero attached hydrogens (tertiary/aromatic N) is 1. The van der Waals surface area contributed by atoms with E-state index in [-0.39, 0.29) is 6.54 Å². The molecule has 1 heterocycles. The summed E-state index contributed by atoms with van der Waals surface area (Å²) in [6.45, 7) is 0.616. The van der Waals surface area contributed by atoms with Crippen LogP contribution in [0.3, 0.4) is 0 Å². The summed E-state index contributed by atoms with van der Waals surface area (Å²) in [6, 6.07) is 3.71. The number of pyridine rings is 1. The van der Waals surface area contributed by atoms with Gasteiger partial charge in [-0.1, -0.05) is 0 Å². The van der Waals surface area contributed by atoms with Crippen LogP contribution in [0.25, 0.3) is 0 Å². The second kappa shape index (κ2) is 5.79. The number of hydrogen-bond donors (Lipinski definition) is 3. The zero-order valence-electron chi connectivity index (χ0n) is 7.98. The fourth-order valence-corrected chi connectivity index (χ4v) is 1.18. The minimum Gasteiger partial charge on any atom is -0.382 e. The third-order valence-electron chi connectivity index (χ3n) is 1.76. The molecule has 0 spiro atoms. The number of halogens is 1. The number of carbonyl (C=O) groups is 1. The van der Waals surface area contributed by atoms with Crippen LogP contribution in [-0.2, 0) is 11.3 Å². The highest BCUT2D eigenvalue weighted by Gasteiger charge is 2.09. The average molecular weight is 274 g/mol. The van der Waals surface area contributed by atoms with Crippen molar-refractivity contribution in [1.29, 1.82) is 0 Å². The smallest absolute Gasteiger partial charge is 0.247 e. The van der Waals surface area contributed by atoms with E-state index in [9.17, 15) is 4.79 Å². The molecule has 1 amide bonds. The zero-order valence-corrected chi connectivity index (χ0v) is 9.57. The van der Waals surface area contributed by atoms with Gasteiger partial charge in [0, 0.05) is 23.8 Å². The molecule has 0 aromatic carbocycles. The van der Waals surface area contributed by atoms with E-state index >= 15 is 0 Å². The highest BCUT2D eigenvalue weighted by Crippen LogP contribution is 2.06. The van der Waals surface area contributed by atoms with Crippen molar-refractivity contribution in [2.24, 2.45) is 5.73 Å². The van der Waals surface area contributed by atoms with Crippen molar-refractivity contribution in [3.05, 3.63) is 28.5 Å². The molecule has 82 valence electrons. The fourth-order valence-electron chi connectivity index (χ4n) is 0.949. The van der Waals surface area contributed by atoms with Gasteiger partial charge < -0.3 is 16.2 Å². The van der Waals surface area contributed by atoms with Gasteiger partial charge >= 0.3 is 0 Å². The molecule has 0 fully saturated rings. The van der Waals surface area contributed by atoms with Crippen LogP contribution in [-0.4, -0.2) is 28.6 Å². The predicted molar refractivity (Wildman–Crippen MR) is 58.8 cm³/mol. The molecule has 0 bridgehead atoms. The Bertz CT molecular complexity index is 329. The van der Waals surface area contributed by atoms with Crippen molar-refractivity contribution >= 4 is 21.8 Å². The number of aliphatic hydroxyl groups is 1. The molecule has 0 aliphatic rings. The number of rotatable bonds is 5. The third kappa shape index (κ3) is 4.37. The summed E-state index contributed by atoms with van der Waals surface area (Å²) in [5.74, 6) is -0.730. The Morgan fingerprint density at radius 1 is 1.67 bits per heavy atom. The molecule has 6 heteroatoms. The summed E-state index contributed by atoms with van der Waals surface area (Å²) in [7, 11) is 0. The standard InChI is InChI=1S/C9H12BrN3O2/c10-6-1-2-7(13-3-6)4-12-5-8(14)9(11)15/h1-3,8,12,14H,4-5H2,(H2,11,15). The van der Waals surface area contributed by atoms with Gasteiger partial charge in [0.2, 0.25) is 5.91 Å². The van der Waals surface area contributed by atoms with E-state index in [0.717, 1.165) is 10.2 Å². The molecular weight excluding hydrogens is 262 g/mol. The minimum atomic E-state index is -1.15. The first-order chi connectivity index (χ1) is 7.09. The number of hydrogen-bond acceptors (Lipinski definition) is 4. The van der Waals surface area contributed by atoms with Gasteiger partial charge in [-0.2, -0.15) is 0 Å². The van der Waals surface area contributed by atoms with Crippen molar-refractivity contribution in [1.82, 2.24) is 10.3 Å². The maximum atomic E-state index is 10.5. The Labute approximate surface area is 95.8 Å². The summed E-state index contributed by atoms with van der Waals surface area (Å²) < 4.78 is 0.906. The first-order valence-electron chi connectivity index (χ1n) is 4.38. The number of aliphatic hydroxyl groups excluding tert-OH is 1. The monoisotopic (exact) mass is 273 g/mol. The largest absolute Gasteiger partial charge is 0.382 e. The van der Waals surface area contributed by atoms with E-state index in [2.05, 4.69) is 26.2 Å². The summed E-state index contributed by atoms with van der Waals surface area (Å²) in [4.78, 5) is 14.6. The van der Waals surface area contributed by atoms with Crippen molar-refractivity contribution in [2.75, 3.05) is 6.54 Å². The van der Waals surface area contributed by atoms with Crippen LogP contribution in [0, 0.1) is 0 Å². The molecule has 1 aromatic heterocycles. The normalized spacial score (nSPS) is 12.4. The van der Waals surface area contributed by atoms with Crippen LogP contribution in [0.15, 0.2) is 22.8 Å². The number of nitrogens with one attached hydrogen (secondary N) is 1. The number of amides is 1. The Hall–Kier alpha value is -0.980. The quantitative estimate of drug-likeness (QED) is 0.692. The molecule has 1 unspecified atom stereocenters. The summed E-state index contributed by atoms with van der Waals surface area (Å²) in [5, 5.41) is 12.0. The van der Waals surface area contributed by atoms with E-state index in [1.807, 2.05) is 12.1 Å². The van der Waals surface area contributed by atoms with Crippen molar-refractivity contribution in [3.8, 4) is 0 Å². The van der Waals surface area contributed by atoms with Gasteiger partial charge in [0.15, 0.2) is 0 Å². The molecule has 5 nitrogen and oxygen atoms in total. The number of primary amides is 1. The van der Waals surface area contributed by atoms with Crippen LogP contribution in [0.5, 0.6) is 0 Å². The Morgan fingerprint density at radius 3 is 2.93 bits per heavy atom.